The maximum absolute atomic E-state index is 12.5. The largest absolute Gasteiger partial charge is 0.481 e. The van der Waals surface area contributed by atoms with E-state index in [1.54, 1.807) is 6.07 Å². The number of carbonyl (C=O) groups is 2. The van der Waals surface area contributed by atoms with Gasteiger partial charge in [0.25, 0.3) is 0 Å². The lowest BCUT2D eigenvalue weighted by Gasteiger charge is -2.19. The number of aryl methyl sites for hydroxylation is 2. The number of benzene rings is 1. The summed E-state index contributed by atoms with van der Waals surface area (Å²) < 4.78 is 0. The van der Waals surface area contributed by atoms with Gasteiger partial charge in [-0.25, -0.2) is 0 Å². The molecule has 1 atom stereocenters. The van der Waals surface area contributed by atoms with E-state index in [0.29, 0.717) is 5.56 Å². The summed E-state index contributed by atoms with van der Waals surface area (Å²) >= 11 is 0. The third kappa shape index (κ3) is 4.12. The zero-order valence-corrected chi connectivity index (χ0v) is 12.0. The first-order chi connectivity index (χ1) is 10.1. The van der Waals surface area contributed by atoms with Crippen LogP contribution in [-0.4, -0.2) is 41.2 Å². The van der Waals surface area contributed by atoms with E-state index in [-0.39, 0.29) is 25.4 Å². The van der Waals surface area contributed by atoms with Crippen LogP contribution >= 0.6 is 0 Å². The second-order valence-corrected chi connectivity index (χ2v) is 5.38. The van der Waals surface area contributed by atoms with Crippen molar-refractivity contribution in [2.75, 3.05) is 13.2 Å². The van der Waals surface area contributed by atoms with Gasteiger partial charge in [0.05, 0.1) is 19.1 Å². The number of carboxylic acids is 1. The van der Waals surface area contributed by atoms with E-state index in [4.69, 9.17) is 10.2 Å². The molecule has 0 saturated carbocycles. The molecule has 0 heterocycles. The van der Waals surface area contributed by atoms with Crippen LogP contribution in [0.5, 0.6) is 0 Å². The van der Waals surface area contributed by atoms with Gasteiger partial charge in [-0.1, -0.05) is 12.1 Å². The molecular weight excluding hydrogens is 270 g/mol. The van der Waals surface area contributed by atoms with Gasteiger partial charge in [-0.2, -0.15) is 0 Å². The smallest absolute Gasteiger partial charge is 0.305 e. The van der Waals surface area contributed by atoms with Crippen molar-refractivity contribution in [1.82, 2.24) is 5.32 Å². The van der Waals surface area contributed by atoms with Gasteiger partial charge in [-0.15, -0.1) is 0 Å². The molecule has 0 spiro atoms. The molecule has 5 heteroatoms. The third-order valence-electron chi connectivity index (χ3n) is 3.83. The molecule has 3 N–H and O–H groups in total. The van der Waals surface area contributed by atoms with Crippen LogP contribution in [0.25, 0.3) is 0 Å². The minimum Gasteiger partial charge on any atom is -0.481 e. The van der Waals surface area contributed by atoms with E-state index in [0.717, 1.165) is 19.3 Å². The molecule has 114 valence electrons. The molecule has 1 aromatic rings. The topological polar surface area (TPSA) is 86.6 Å². The average Bonchev–Trinajstić information content (AvgIpc) is 2.50. The van der Waals surface area contributed by atoms with Crippen LogP contribution in [0.1, 0.15) is 40.7 Å². The Hall–Kier alpha value is -1.72. The van der Waals surface area contributed by atoms with Crippen molar-refractivity contribution in [3.8, 4) is 0 Å². The molecule has 0 saturated heterocycles. The number of carbonyl (C=O) groups excluding carboxylic acids is 1. The van der Waals surface area contributed by atoms with Gasteiger partial charge in [0.1, 0.15) is 0 Å². The van der Waals surface area contributed by atoms with Crippen LogP contribution in [0.2, 0.25) is 0 Å². The van der Waals surface area contributed by atoms with Crippen molar-refractivity contribution in [2.24, 2.45) is 0 Å². The van der Waals surface area contributed by atoms with Crippen molar-refractivity contribution in [3.05, 3.63) is 34.9 Å². The van der Waals surface area contributed by atoms with Crippen LogP contribution in [0, 0.1) is 0 Å². The summed E-state index contributed by atoms with van der Waals surface area (Å²) in [6, 6.07) is 4.86. The van der Waals surface area contributed by atoms with Gasteiger partial charge in [-0.3, -0.25) is 9.59 Å². The van der Waals surface area contributed by atoms with Crippen LogP contribution in [0.4, 0.5) is 0 Å². The maximum atomic E-state index is 12.5. The van der Waals surface area contributed by atoms with Gasteiger partial charge >= 0.3 is 5.97 Å². The summed E-state index contributed by atoms with van der Waals surface area (Å²) in [5.74, 6) is -1.25. The summed E-state index contributed by atoms with van der Waals surface area (Å²) in [4.78, 5) is 23.4. The number of rotatable bonds is 7. The Labute approximate surface area is 124 Å². The normalized spacial score (nSPS) is 15.3. The Balaban J connectivity index is 2.17. The van der Waals surface area contributed by atoms with Crippen molar-refractivity contribution in [3.63, 3.8) is 0 Å². The highest BCUT2D eigenvalue weighted by atomic mass is 16.4. The minimum atomic E-state index is -1.03. The fourth-order valence-corrected chi connectivity index (χ4v) is 2.76. The molecule has 21 heavy (non-hydrogen) atoms. The monoisotopic (exact) mass is 291 g/mol. The number of hydrogen-bond donors (Lipinski definition) is 3. The Bertz CT molecular complexity index is 527. The van der Waals surface area contributed by atoms with Crippen LogP contribution < -0.4 is 5.32 Å². The molecule has 5 nitrogen and oxygen atoms in total. The zero-order chi connectivity index (χ0) is 15.2. The molecule has 2 rings (SSSR count). The van der Waals surface area contributed by atoms with Crippen LogP contribution in [0.3, 0.4) is 0 Å². The van der Waals surface area contributed by atoms with Crippen LogP contribution in [0.15, 0.2) is 18.2 Å². The zero-order valence-electron chi connectivity index (χ0n) is 12.0. The quantitative estimate of drug-likeness (QED) is 0.657. The molecule has 0 bridgehead atoms. The lowest BCUT2D eigenvalue weighted by atomic mass is 9.88. The number of fused-ring (bicyclic) bond motifs is 1. The number of hydrogen-bond acceptors (Lipinski definition) is 4. The van der Waals surface area contributed by atoms with E-state index >= 15 is 0 Å². The van der Waals surface area contributed by atoms with Crippen molar-refractivity contribution in [1.29, 1.82) is 0 Å². The number of aliphatic carboxylic acids is 1. The van der Waals surface area contributed by atoms with Crippen molar-refractivity contribution < 1.29 is 19.8 Å². The fourth-order valence-electron chi connectivity index (χ4n) is 2.76. The SMILES string of the molecule is O=C(O)CC(NCCO)C(=O)c1ccc2c(c1)CCCC2. The Morgan fingerprint density at radius 2 is 1.90 bits per heavy atom. The number of aliphatic hydroxyl groups excluding tert-OH is 1. The highest BCUT2D eigenvalue weighted by Gasteiger charge is 2.23. The highest BCUT2D eigenvalue weighted by Crippen LogP contribution is 2.23. The lowest BCUT2D eigenvalue weighted by Crippen LogP contribution is -2.40. The third-order valence-corrected chi connectivity index (χ3v) is 3.83. The standard InChI is InChI=1S/C16H21NO4/c18-8-7-17-14(10-15(19)20)16(21)13-6-5-11-3-1-2-4-12(11)9-13/h5-6,9,14,17-18H,1-4,7-8,10H2,(H,19,20). The van der Waals surface area contributed by atoms with E-state index < -0.39 is 12.0 Å². The van der Waals surface area contributed by atoms with Gasteiger partial charge in [0.2, 0.25) is 0 Å². The second-order valence-electron chi connectivity index (χ2n) is 5.38. The summed E-state index contributed by atoms with van der Waals surface area (Å²) in [7, 11) is 0. The van der Waals surface area contributed by atoms with Gasteiger partial charge in [-0.05, 0) is 42.9 Å². The molecule has 0 aliphatic heterocycles. The molecule has 1 aliphatic rings. The lowest BCUT2D eigenvalue weighted by molar-refractivity contribution is -0.137. The summed E-state index contributed by atoms with van der Waals surface area (Å²) in [5.41, 5.74) is 3.03. The highest BCUT2D eigenvalue weighted by molar-refractivity contribution is 6.01. The Kier molecular flexibility index (Phi) is 5.47. The predicted molar refractivity (Wildman–Crippen MR) is 78.5 cm³/mol. The van der Waals surface area contributed by atoms with E-state index in [2.05, 4.69) is 5.32 Å². The molecule has 0 fully saturated rings. The number of carboxylic acid groups (broad SMARTS) is 1. The number of ketones is 1. The predicted octanol–water partition coefficient (Wildman–Crippen LogP) is 1.17. The Morgan fingerprint density at radius 3 is 2.57 bits per heavy atom. The molecule has 0 radical (unpaired) electrons. The summed E-state index contributed by atoms with van der Waals surface area (Å²) in [5, 5.41) is 20.6. The summed E-state index contributed by atoms with van der Waals surface area (Å²) in [6.07, 6.45) is 4.05. The van der Waals surface area contributed by atoms with Gasteiger partial charge in [0, 0.05) is 12.1 Å². The minimum absolute atomic E-state index is 0.131. The fraction of sp³-hybridized carbons (Fsp3) is 0.500. The number of aliphatic hydroxyl groups is 1. The first-order valence-electron chi connectivity index (χ1n) is 7.34. The van der Waals surface area contributed by atoms with Crippen molar-refractivity contribution in [2.45, 2.75) is 38.1 Å². The molecule has 1 aromatic carbocycles. The van der Waals surface area contributed by atoms with Crippen LogP contribution in [-0.2, 0) is 17.6 Å². The molecule has 1 aliphatic carbocycles. The number of nitrogens with one attached hydrogen (secondary N) is 1. The second kappa shape index (κ2) is 7.33. The van der Waals surface area contributed by atoms with Gasteiger partial charge in [0.15, 0.2) is 5.78 Å². The summed E-state index contributed by atoms with van der Waals surface area (Å²) in [6.45, 7) is 0.0716. The first-order valence-corrected chi connectivity index (χ1v) is 7.34. The van der Waals surface area contributed by atoms with E-state index in [1.165, 1.54) is 17.5 Å². The van der Waals surface area contributed by atoms with E-state index in [1.807, 2.05) is 12.1 Å². The van der Waals surface area contributed by atoms with Gasteiger partial charge < -0.3 is 15.5 Å². The van der Waals surface area contributed by atoms with Crippen molar-refractivity contribution >= 4 is 11.8 Å². The molecule has 1 unspecified atom stereocenters. The molecular formula is C16H21NO4. The average molecular weight is 291 g/mol. The van der Waals surface area contributed by atoms with E-state index in [9.17, 15) is 9.59 Å². The maximum Gasteiger partial charge on any atom is 0.305 e. The molecule has 0 aromatic heterocycles. The first kappa shape index (κ1) is 15.7. The Morgan fingerprint density at radius 1 is 1.19 bits per heavy atom. The number of Topliss-reactive ketones (excluding diaryl/α,β-unsaturated/α-hetero) is 1. The molecule has 0 amide bonds.